The molecule has 4 rings (SSSR count). The summed E-state index contributed by atoms with van der Waals surface area (Å²) in [7, 11) is 0. The van der Waals surface area contributed by atoms with Crippen molar-refractivity contribution in [3.8, 4) is 34.5 Å². The number of halogens is 10. The largest absolute Gasteiger partial charge is 0.494 e. The molecule has 2 nitrogen and oxygen atoms in total. The Labute approximate surface area is 225 Å². The van der Waals surface area contributed by atoms with Gasteiger partial charge in [-0.25, -0.2) is 35.1 Å². The summed E-state index contributed by atoms with van der Waals surface area (Å²) in [5.74, 6) is -9.29. The molecule has 12 heteroatoms. The third kappa shape index (κ3) is 6.24. The SMILES string of the molecule is CCOc1cc(F)c(C(F)(F)Oc2ccc(-c3cc(F)c(C#Cc4cc(F)c(F)c(F)c4)c(F)c3)c(F)c2)c(F)c1. The average molecular weight is 584 g/mol. The topological polar surface area (TPSA) is 18.5 Å². The van der Waals surface area contributed by atoms with Crippen molar-refractivity contribution < 1.29 is 53.4 Å². The lowest BCUT2D eigenvalue weighted by Gasteiger charge is -2.20. The fourth-order valence-electron chi connectivity index (χ4n) is 3.68. The summed E-state index contributed by atoms with van der Waals surface area (Å²) in [6, 6.07) is 5.39. The van der Waals surface area contributed by atoms with Crippen molar-refractivity contribution in [2.24, 2.45) is 0 Å². The molecule has 0 N–H and O–H groups in total. The van der Waals surface area contributed by atoms with E-state index in [0.29, 0.717) is 42.5 Å². The molecule has 41 heavy (non-hydrogen) atoms. The molecule has 0 fully saturated rings. The van der Waals surface area contributed by atoms with E-state index in [-0.39, 0.29) is 12.4 Å². The molecule has 0 atom stereocenters. The Hall–Kier alpha value is -4.66. The van der Waals surface area contributed by atoms with Gasteiger partial charge in [-0.2, -0.15) is 8.78 Å². The zero-order chi connectivity index (χ0) is 30.1. The van der Waals surface area contributed by atoms with Gasteiger partial charge >= 0.3 is 6.11 Å². The van der Waals surface area contributed by atoms with Gasteiger partial charge in [0.2, 0.25) is 0 Å². The van der Waals surface area contributed by atoms with Crippen molar-refractivity contribution in [2.45, 2.75) is 13.0 Å². The van der Waals surface area contributed by atoms with Crippen molar-refractivity contribution in [2.75, 3.05) is 6.61 Å². The van der Waals surface area contributed by atoms with Crippen LogP contribution in [0.25, 0.3) is 11.1 Å². The Morgan fingerprint density at radius 2 is 1.20 bits per heavy atom. The summed E-state index contributed by atoms with van der Waals surface area (Å²) in [5.41, 5.74) is -3.91. The molecule has 0 unspecified atom stereocenters. The van der Waals surface area contributed by atoms with E-state index in [1.807, 2.05) is 5.92 Å². The van der Waals surface area contributed by atoms with E-state index in [0.717, 1.165) is 12.1 Å². The number of hydrogen-bond donors (Lipinski definition) is 0. The molecule has 212 valence electrons. The number of benzene rings is 4. The summed E-state index contributed by atoms with van der Waals surface area (Å²) in [6.07, 6.45) is -4.60. The first-order valence-electron chi connectivity index (χ1n) is 11.5. The molecule has 0 aliphatic carbocycles. The van der Waals surface area contributed by atoms with Crippen LogP contribution in [0, 0.1) is 58.4 Å². The van der Waals surface area contributed by atoms with Gasteiger partial charge in [-0.15, -0.1) is 0 Å². The fraction of sp³-hybridized carbons (Fsp3) is 0.103. The molecular formula is C29H14F10O2. The van der Waals surface area contributed by atoms with Gasteiger partial charge < -0.3 is 9.47 Å². The van der Waals surface area contributed by atoms with Gasteiger partial charge in [-0.1, -0.05) is 11.8 Å². The molecule has 0 heterocycles. The maximum Gasteiger partial charge on any atom is 0.432 e. The number of ether oxygens (including phenoxy) is 2. The lowest BCUT2D eigenvalue weighted by molar-refractivity contribution is -0.189. The minimum absolute atomic E-state index is 0.0130. The highest BCUT2D eigenvalue weighted by Crippen LogP contribution is 2.38. The van der Waals surface area contributed by atoms with E-state index < -0.39 is 86.2 Å². The molecule has 4 aromatic rings. The van der Waals surface area contributed by atoms with Crippen LogP contribution in [0.2, 0.25) is 0 Å². The van der Waals surface area contributed by atoms with Gasteiger partial charge in [-0.3, -0.25) is 0 Å². The van der Waals surface area contributed by atoms with E-state index in [2.05, 4.69) is 10.7 Å². The molecular weight excluding hydrogens is 570 g/mol. The first kappa shape index (κ1) is 29.3. The third-order valence-corrected chi connectivity index (χ3v) is 5.47. The molecule has 0 aromatic heterocycles. The molecule has 0 bridgehead atoms. The van der Waals surface area contributed by atoms with Crippen molar-refractivity contribution in [3.05, 3.63) is 118 Å². The summed E-state index contributed by atoms with van der Waals surface area (Å²) in [6.45, 7) is 1.52. The monoisotopic (exact) mass is 584 g/mol. The minimum Gasteiger partial charge on any atom is -0.494 e. The van der Waals surface area contributed by atoms with E-state index in [1.54, 1.807) is 0 Å². The van der Waals surface area contributed by atoms with E-state index >= 15 is 0 Å². The van der Waals surface area contributed by atoms with E-state index in [4.69, 9.17) is 4.74 Å². The summed E-state index contributed by atoms with van der Waals surface area (Å²) >= 11 is 0. The Balaban J connectivity index is 1.60. The summed E-state index contributed by atoms with van der Waals surface area (Å²) < 4.78 is 151. The molecule has 0 amide bonds. The third-order valence-electron chi connectivity index (χ3n) is 5.47. The van der Waals surface area contributed by atoms with Crippen LogP contribution in [0.15, 0.2) is 54.6 Å². The highest BCUT2D eigenvalue weighted by Gasteiger charge is 2.41. The van der Waals surface area contributed by atoms with Crippen LogP contribution in [0.1, 0.15) is 23.6 Å². The van der Waals surface area contributed by atoms with Gasteiger partial charge in [0.1, 0.15) is 46.1 Å². The molecule has 0 spiro atoms. The zero-order valence-corrected chi connectivity index (χ0v) is 20.5. The lowest BCUT2D eigenvalue weighted by atomic mass is 10.0. The van der Waals surface area contributed by atoms with Crippen molar-refractivity contribution >= 4 is 0 Å². The normalized spacial score (nSPS) is 11.2. The maximum atomic E-state index is 14.8. The predicted molar refractivity (Wildman–Crippen MR) is 126 cm³/mol. The standard InChI is InChI=1S/C29H14F10O2/c1-2-40-17-12-23(33)27(24(34)13-17)29(38,39)41-16-4-6-18(22(32)11-16)15-9-20(30)19(21(31)10-15)5-3-14-7-25(35)28(37)26(36)8-14/h4,6-13H,2H2,1H3. The molecule has 0 saturated carbocycles. The molecule has 4 aromatic carbocycles. The van der Waals surface area contributed by atoms with E-state index in [9.17, 15) is 43.9 Å². The van der Waals surface area contributed by atoms with Crippen molar-refractivity contribution in [1.82, 2.24) is 0 Å². The van der Waals surface area contributed by atoms with Gasteiger partial charge in [0.15, 0.2) is 17.5 Å². The van der Waals surface area contributed by atoms with Crippen LogP contribution in [-0.4, -0.2) is 6.61 Å². The molecule has 0 radical (unpaired) electrons. The predicted octanol–water partition coefficient (Wildman–Crippen LogP) is 8.39. The quantitative estimate of drug-likeness (QED) is 0.129. The Morgan fingerprint density at radius 3 is 1.73 bits per heavy atom. The number of hydrogen-bond acceptors (Lipinski definition) is 2. The zero-order valence-electron chi connectivity index (χ0n) is 20.5. The molecule has 0 aliphatic heterocycles. The second-order valence-electron chi connectivity index (χ2n) is 8.27. The van der Waals surface area contributed by atoms with Crippen LogP contribution < -0.4 is 9.47 Å². The first-order valence-corrected chi connectivity index (χ1v) is 11.5. The first-order chi connectivity index (χ1) is 19.3. The van der Waals surface area contributed by atoms with Gasteiger partial charge in [0.25, 0.3) is 0 Å². The van der Waals surface area contributed by atoms with Crippen LogP contribution in [0.4, 0.5) is 43.9 Å². The number of rotatable bonds is 6. The smallest absolute Gasteiger partial charge is 0.432 e. The Kier molecular flexibility index (Phi) is 8.19. The van der Waals surface area contributed by atoms with Crippen LogP contribution in [0.5, 0.6) is 11.5 Å². The summed E-state index contributed by atoms with van der Waals surface area (Å²) in [5, 5.41) is 0. The Morgan fingerprint density at radius 1 is 0.634 bits per heavy atom. The summed E-state index contributed by atoms with van der Waals surface area (Å²) in [4.78, 5) is 0. The van der Waals surface area contributed by atoms with Crippen LogP contribution in [0.3, 0.4) is 0 Å². The number of alkyl halides is 2. The second-order valence-corrected chi connectivity index (χ2v) is 8.27. The van der Waals surface area contributed by atoms with Gasteiger partial charge in [0, 0.05) is 29.3 Å². The van der Waals surface area contributed by atoms with Crippen LogP contribution >= 0.6 is 0 Å². The highest BCUT2D eigenvalue weighted by atomic mass is 19.3. The highest BCUT2D eigenvalue weighted by molar-refractivity contribution is 5.66. The van der Waals surface area contributed by atoms with Crippen molar-refractivity contribution in [1.29, 1.82) is 0 Å². The van der Waals surface area contributed by atoms with Gasteiger partial charge in [0.05, 0.1) is 12.2 Å². The minimum atomic E-state index is -4.60. The second kappa shape index (κ2) is 11.4. The van der Waals surface area contributed by atoms with Gasteiger partial charge in [-0.05, 0) is 48.9 Å². The average Bonchev–Trinajstić information content (AvgIpc) is 2.86. The fourth-order valence-corrected chi connectivity index (χ4v) is 3.68. The molecule has 0 aliphatic rings. The lowest BCUT2D eigenvalue weighted by Crippen LogP contribution is -2.25. The van der Waals surface area contributed by atoms with Crippen molar-refractivity contribution in [3.63, 3.8) is 0 Å². The Bertz CT molecular complexity index is 1640. The molecule has 0 saturated heterocycles. The van der Waals surface area contributed by atoms with Crippen LogP contribution in [-0.2, 0) is 6.11 Å². The van der Waals surface area contributed by atoms with E-state index in [1.165, 1.54) is 6.92 Å². The maximum absolute atomic E-state index is 14.8.